The molecule has 0 spiro atoms. The lowest BCUT2D eigenvalue weighted by molar-refractivity contribution is -0.140. The van der Waals surface area contributed by atoms with Crippen molar-refractivity contribution in [1.29, 1.82) is 0 Å². The number of amides is 5. The predicted molar refractivity (Wildman–Crippen MR) is 191 cm³/mol. The fourth-order valence-electron chi connectivity index (χ4n) is 6.29. The van der Waals surface area contributed by atoms with E-state index in [9.17, 15) is 19.2 Å². The number of benzene rings is 3. The van der Waals surface area contributed by atoms with Crippen molar-refractivity contribution in [1.82, 2.24) is 20.4 Å². The smallest absolute Gasteiger partial charge is 0.327 e. The van der Waals surface area contributed by atoms with Crippen LogP contribution in [0.15, 0.2) is 72.8 Å². The van der Waals surface area contributed by atoms with Crippen LogP contribution in [0.2, 0.25) is 25.7 Å². The van der Waals surface area contributed by atoms with E-state index in [4.69, 9.17) is 9.47 Å². The Kier molecular flexibility index (Phi) is 10.6. The molecule has 3 aromatic rings. The van der Waals surface area contributed by atoms with Gasteiger partial charge in [-0.25, -0.2) is 9.69 Å². The summed E-state index contributed by atoms with van der Waals surface area (Å²) in [7, 11) is -1.34. The van der Waals surface area contributed by atoms with Crippen LogP contribution in [-0.4, -0.2) is 73.6 Å². The molecular formula is C38H48N4O6Si. The van der Waals surface area contributed by atoms with Gasteiger partial charge in [0.1, 0.15) is 30.2 Å². The van der Waals surface area contributed by atoms with Gasteiger partial charge in [-0.1, -0.05) is 85.9 Å². The predicted octanol–water partition coefficient (Wildman–Crippen LogP) is 5.29. The fraction of sp³-hybridized carbons (Fsp3) is 0.421. The number of likely N-dealkylation sites (tertiary alicyclic amines) is 1. The van der Waals surface area contributed by atoms with Crippen LogP contribution in [0.25, 0.3) is 0 Å². The van der Waals surface area contributed by atoms with Gasteiger partial charge in [0.05, 0.1) is 13.0 Å². The zero-order chi connectivity index (χ0) is 35.4. The van der Waals surface area contributed by atoms with Crippen LogP contribution in [0.3, 0.4) is 0 Å². The van der Waals surface area contributed by atoms with Gasteiger partial charge in [-0.3, -0.25) is 14.4 Å². The van der Waals surface area contributed by atoms with Gasteiger partial charge in [-0.05, 0) is 61.2 Å². The van der Waals surface area contributed by atoms with Gasteiger partial charge < -0.3 is 25.0 Å². The first-order valence-corrected chi connectivity index (χ1v) is 20.6. The molecule has 10 nitrogen and oxygen atoms in total. The lowest BCUT2D eigenvalue weighted by atomic mass is 9.87. The Morgan fingerprint density at radius 2 is 1.67 bits per heavy atom. The SMILES string of the molecule is Cc1ccc(C)c(COc2ccc(C3(NC(=O)Cc4ccccc4)CCN(CC4(C)NC(=O)N(COCC[Si](C)(C)C)C4=O)C3=O)cc2)c1. The minimum absolute atomic E-state index is 0.0465. The molecule has 0 radical (unpaired) electrons. The summed E-state index contributed by atoms with van der Waals surface area (Å²) in [5, 5.41) is 5.86. The average molecular weight is 685 g/mol. The number of carbonyl (C=O) groups is 4. The van der Waals surface area contributed by atoms with E-state index >= 15 is 0 Å². The van der Waals surface area contributed by atoms with Crippen LogP contribution in [-0.2, 0) is 37.7 Å². The summed E-state index contributed by atoms with van der Waals surface area (Å²) in [4.78, 5) is 56.9. The van der Waals surface area contributed by atoms with E-state index in [1.54, 1.807) is 11.8 Å². The van der Waals surface area contributed by atoms with Gasteiger partial charge >= 0.3 is 6.03 Å². The number of nitrogens with zero attached hydrogens (tertiary/aromatic N) is 2. The van der Waals surface area contributed by atoms with Crippen LogP contribution in [0, 0.1) is 13.8 Å². The molecule has 2 saturated heterocycles. The number of imide groups is 1. The Bertz CT molecular complexity index is 1690. The number of carbonyl (C=O) groups excluding carboxylic acids is 4. The molecule has 0 aliphatic carbocycles. The van der Waals surface area contributed by atoms with Crippen molar-refractivity contribution in [3.63, 3.8) is 0 Å². The number of hydrogen-bond acceptors (Lipinski definition) is 6. The zero-order valence-corrected chi connectivity index (χ0v) is 30.4. The average Bonchev–Trinajstić information content (AvgIpc) is 3.46. The molecule has 2 atom stereocenters. The molecule has 49 heavy (non-hydrogen) atoms. The normalized spacial score (nSPS) is 20.9. The number of urea groups is 1. The van der Waals surface area contributed by atoms with E-state index in [1.807, 2.05) is 68.4 Å². The Morgan fingerprint density at radius 1 is 0.959 bits per heavy atom. The second-order valence-corrected chi connectivity index (χ2v) is 20.3. The van der Waals surface area contributed by atoms with E-state index in [0.29, 0.717) is 24.5 Å². The highest BCUT2D eigenvalue weighted by Gasteiger charge is 2.54. The molecule has 0 aromatic heterocycles. The highest BCUT2D eigenvalue weighted by atomic mass is 28.3. The van der Waals surface area contributed by atoms with E-state index in [2.05, 4.69) is 48.5 Å². The van der Waals surface area contributed by atoms with Gasteiger partial charge in [0, 0.05) is 27.6 Å². The number of nitrogens with one attached hydrogen (secondary N) is 2. The topological polar surface area (TPSA) is 117 Å². The summed E-state index contributed by atoms with van der Waals surface area (Å²) in [6.45, 7) is 13.4. The van der Waals surface area contributed by atoms with Crippen LogP contribution in [0.1, 0.15) is 41.2 Å². The van der Waals surface area contributed by atoms with Crippen LogP contribution in [0.5, 0.6) is 5.75 Å². The van der Waals surface area contributed by atoms with Crippen LogP contribution < -0.4 is 15.4 Å². The molecule has 5 rings (SSSR count). The van der Waals surface area contributed by atoms with Crippen LogP contribution >= 0.6 is 0 Å². The van der Waals surface area contributed by atoms with Crippen molar-refractivity contribution >= 4 is 31.8 Å². The van der Waals surface area contributed by atoms with Crippen LogP contribution in [0.4, 0.5) is 4.79 Å². The highest BCUT2D eigenvalue weighted by molar-refractivity contribution is 6.76. The molecule has 2 N–H and O–H groups in total. The first-order valence-electron chi connectivity index (χ1n) is 16.8. The summed E-state index contributed by atoms with van der Waals surface area (Å²) in [6, 6.07) is 23.2. The lowest BCUT2D eigenvalue weighted by Crippen LogP contribution is -2.57. The molecule has 2 heterocycles. The maximum atomic E-state index is 14.4. The Morgan fingerprint density at radius 3 is 2.37 bits per heavy atom. The third kappa shape index (κ3) is 8.40. The molecule has 2 aliphatic heterocycles. The van der Waals surface area contributed by atoms with Crippen molar-refractivity contribution in [2.45, 2.75) is 77.0 Å². The van der Waals surface area contributed by atoms with Crippen molar-refractivity contribution < 1.29 is 28.7 Å². The third-order valence-corrected chi connectivity index (χ3v) is 11.0. The fourth-order valence-corrected chi connectivity index (χ4v) is 7.05. The molecule has 11 heteroatoms. The Labute approximate surface area is 290 Å². The van der Waals surface area contributed by atoms with E-state index in [1.165, 1.54) is 0 Å². The van der Waals surface area contributed by atoms with Crippen molar-refractivity contribution in [3.8, 4) is 5.75 Å². The highest BCUT2D eigenvalue weighted by Crippen LogP contribution is 2.36. The zero-order valence-electron chi connectivity index (χ0n) is 29.4. The summed E-state index contributed by atoms with van der Waals surface area (Å²) in [5.41, 5.74) is 2.13. The standard InChI is InChI=1S/C38H48N4O6Si/c1-27-12-13-28(2)30(22-27)24-48-32-16-14-31(15-17-32)38(39-33(43)23-29-10-8-7-9-11-29)18-19-41(35(38)45)25-37(3)34(44)42(36(46)40-37)26-47-20-21-49(4,5)6/h7-17,22H,18-21,23-26H2,1-6H3,(H,39,43)(H,40,46). The summed E-state index contributed by atoms with van der Waals surface area (Å²) < 4.78 is 11.8. The minimum atomic E-state index is -1.36. The quantitative estimate of drug-likeness (QED) is 0.135. The second kappa shape index (κ2) is 14.6. The summed E-state index contributed by atoms with van der Waals surface area (Å²) in [5.74, 6) is -0.452. The first-order chi connectivity index (χ1) is 23.2. The van der Waals surface area contributed by atoms with Gasteiger partial charge in [0.15, 0.2) is 0 Å². The molecule has 2 unspecified atom stereocenters. The maximum absolute atomic E-state index is 14.4. The summed E-state index contributed by atoms with van der Waals surface area (Å²) in [6.07, 6.45) is 0.391. The molecule has 3 aromatic carbocycles. The minimum Gasteiger partial charge on any atom is -0.489 e. The number of aryl methyl sites for hydroxylation is 2. The monoisotopic (exact) mass is 684 g/mol. The molecule has 0 saturated carbocycles. The second-order valence-electron chi connectivity index (χ2n) is 14.7. The largest absolute Gasteiger partial charge is 0.489 e. The number of ether oxygens (including phenoxy) is 2. The van der Waals surface area contributed by atoms with Gasteiger partial charge in [-0.2, -0.15) is 0 Å². The molecule has 2 fully saturated rings. The van der Waals surface area contributed by atoms with Crippen molar-refractivity contribution in [3.05, 3.63) is 101 Å². The van der Waals surface area contributed by atoms with Gasteiger partial charge in [-0.15, -0.1) is 0 Å². The molecule has 2 aliphatic rings. The molecule has 260 valence electrons. The third-order valence-electron chi connectivity index (χ3n) is 9.28. The molecule has 5 amide bonds. The lowest BCUT2D eigenvalue weighted by Gasteiger charge is -2.32. The number of hydrogen-bond donors (Lipinski definition) is 2. The molecule has 0 bridgehead atoms. The first kappa shape index (κ1) is 35.8. The van der Waals surface area contributed by atoms with Gasteiger partial charge in [0.25, 0.3) is 11.8 Å². The number of rotatable bonds is 14. The summed E-state index contributed by atoms with van der Waals surface area (Å²) >= 11 is 0. The Balaban J connectivity index is 1.33. The Hall–Kier alpha value is -4.48. The van der Waals surface area contributed by atoms with E-state index in [-0.39, 0.29) is 44.5 Å². The van der Waals surface area contributed by atoms with E-state index in [0.717, 1.165) is 33.2 Å². The molecular weight excluding hydrogens is 637 g/mol. The van der Waals surface area contributed by atoms with Crippen molar-refractivity contribution in [2.75, 3.05) is 26.4 Å². The van der Waals surface area contributed by atoms with Crippen molar-refractivity contribution in [2.24, 2.45) is 0 Å². The maximum Gasteiger partial charge on any atom is 0.327 e. The van der Waals surface area contributed by atoms with Gasteiger partial charge in [0.2, 0.25) is 5.91 Å². The van der Waals surface area contributed by atoms with E-state index < -0.39 is 31.1 Å².